The maximum absolute atomic E-state index is 15.0. The second kappa shape index (κ2) is 18.6. The molecule has 57 heavy (non-hydrogen) atoms. The number of ether oxygens (including phenoxy) is 5. The number of esters is 3. The number of aliphatic hydroxyl groups is 1. The molecule has 4 aromatic carbocycles. The molecule has 0 aliphatic carbocycles. The van der Waals surface area contributed by atoms with Gasteiger partial charge in [0.1, 0.15) is 12.2 Å². The summed E-state index contributed by atoms with van der Waals surface area (Å²) >= 11 is 0. The number of hydrogen-bond acceptors (Lipinski definition) is 11. The van der Waals surface area contributed by atoms with E-state index < -0.39 is 63.9 Å². The maximum atomic E-state index is 15.0. The van der Waals surface area contributed by atoms with Gasteiger partial charge in [-0.2, -0.15) is 0 Å². The first-order valence-electron chi connectivity index (χ1n) is 18.8. The summed E-state index contributed by atoms with van der Waals surface area (Å²) in [5, 5.41) is 12.3. The highest BCUT2D eigenvalue weighted by molar-refractivity contribution is 7.92. The van der Waals surface area contributed by atoms with Crippen molar-refractivity contribution in [1.29, 1.82) is 0 Å². The van der Waals surface area contributed by atoms with Crippen LogP contribution in [0.15, 0.2) is 108 Å². The molecule has 1 saturated heterocycles. The third-order valence-electron chi connectivity index (χ3n) is 9.53. The molecule has 1 heterocycles. The molecule has 1 N–H and O–H groups in total. The lowest BCUT2D eigenvalue weighted by atomic mass is 9.89. The van der Waals surface area contributed by atoms with Crippen LogP contribution in [0.25, 0.3) is 0 Å². The fourth-order valence-corrected chi connectivity index (χ4v) is 8.54. The van der Waals surface area contributed by atoms with Crippen LogP contribution in [0, 0.1) is 12.0 Å². The van der Waals surface area contributed by atoms with E-state index in [4.69, 9.17) is 23.7 Å². The highest BCUT2D eigenvalue weighted by Gasteiger charge is 2.58. The van der Waals surface area contributed by atoms with Crippen LogP contribution in [0.5, 0.6) is 0 Å². The Morgan fingerprint density at radius 1 is 0.632 bits per heavy atom. The van der Waals surface area contributed by atoms with Gasteiger partial charge in [0.05, 0.1) is 21.6 Å². The van der Waals surface area contributed by atoms with Crippen molar-refractivity contribution in [2.24, 2.45) is 0 Å². The molecular formula is C45H48O11S. The number of sulfone groups is 1. The second-order valence-corrected chi connectivity index (χ2v) is 16.6. The van der Waals surface area contributed by atoms with Crippen molar-refractivity contribution in [3.63, 3.8) is 0 Å². The van der Waals surface area contributed by atoms with Crippen molar-refractivity contribution in [3.05, 3.63) is 137 Å². The summed E-state index contributed by atoms with van der Waals surface area (Å²) in [6, 6.07) is 27.2. The first-order valence-corrected chi connectivity index (χ1v) is 20.3. The fraction of sp³-hybridized carbons (Fsp3) is 0.356. The minimum Gasteiger partial charge on any atom is -0.452 e. The van der Waals surface area contributed by atoms with E-state index >= 15 is 8.42 Å². The summed E-state index contributed by atoms with van der Waals surface area (Å²) in [5.41, 5.74) is -0.330. The Labute approximate surface area is 334 Å². The Hall–Kier alpha value is -5.48. The molecule has 0 aromatic heterocycles. The molecule has 1 aliphatic heterocycles. The zero-order chi connectivity index (χ0) is 41.4. The standard InChI is InChI=1S/C45H48O11S/c1-8-24-52-45-39(55-43(48)32-22-16-11-17-23-32)37(54-42(47)31-20-14-10-15-21-31)36(53-41(46)30-18-12-9-13-19-30)38(56-45)44(49)57(50,51)40-34(28(4)5)25-33(27(2)3)26-35(40)29(6)7/h9-23,25-29,36-39,44-45,49H,1-7H3/t36-,37-,38-,39-,44?,45+/m0/s1. The summed E-state index contributed by atoms with van der Waals surface area (Å²) in [6.07, 6.45) is -6.79. The van der Waals surface area contributed by atoms with E-state index in [-0.39, 0.29) is 39.3 Å². The minimum absolute atomic E-state index is 0.0586. The molecule has 0 radical (unpaired) electrons. The average molecular weight is 797 g/mol. The lowest BCUT2D eigenvalue weighted by molar-refractivity contribution is -0.286. The molecule has 0 bridgehead atoms. The number of hydrogen-bond donors (Lipinski definition) is 1. The molecule has 11 nitrogen and oxygen atoms in total. The summed E-state index contributed by atoms with van der Waals surface area (Å²) in [5.74, 6) is -0.765. The summed E-state index contributed by atoms with van der Waals surface area (Å²) in [4.78, 5) is 41.3. The van der Waals surface area contributed by atoms with Crippen LogP contribution in [-0.2, 0) is 33.5 Å². The summed E-state index contributed by atoms with van der Waals surface area (Å²) in [7, 11) is -4.80. The van der Waals surface area contributed by atoms with Gasteiger partial charge in [-0.15, -0.1) is 0 Å². The number of aliphatic hydroxyl groups excluding tert-OH is 1. The Morgan fingerprint density at radius 2 is 1.04 bits per heavy atom. The second-order valence-electron chi connectivity index (χ2n) is 14.6. The molecule has 1 aliphatic rings. The first-order chi connectivity index (χ1) is 27.1. The molecule has 1 fully saturated rings. The first kappa shape index (κ1) is 42.7. The number of rotatable bonds is 13. The highest BCUT2D eigenvalue weighted by Crippen LogP contribution is 2.40. The normalized spacial score (nSPS) is 19.9. The largest absolute Gasteiger partial charge is 0.452 e. The van der Waals surface area contributed by atoms with Gasteiger partial charge in [-0.05, 0) is 70.8 Å². The van der Waals surface area contributed by atoms with E-state index in [0.29, 0.717) is 11.1 Å². The van der Waals surface area contributed by atoms with E-state index in [1.54, 1.807) is 54.6 Å². The number of carbonyl (C=O) groups is 3. The predicted molar refractivity (Wildman–Crippen MR) is 212 cm³/mol. The van der Waals surface area contributed by atoms with Gasteiger partial charge in [0, 0.05) is 6.92 Å². The van der Waals surface area contributed by atoms with Crippen LogP contribution < -0.4 is 0 Å². The smallest absolute Gasteiger partial charge is 0.338 e. The van der Waals surface area contributed by atoms with Crippen LogP contribution in [0.2, 0.25) is 0 Å². The zero-order valence-electron chi connectivity index (χ0n) is 32.9. The van der Waals surface area contributed by atoms with E-state index in [0.717, 1.165) is 5.56 Å². The van der Waals surface area contributed by atoms with Gasteiger partial charge >= 0.3 is 17.9 Å². The Balaban J connectivity index is 1.72. The zero-order valence-corrected chi connectivity index (χ0v) is 33.8. The monoisotopic (exact) mass is 796 g/mol. The van der Waals surface area contributed by atoms with Gasteiger partial charge in [-0.1, -0.05) is 114 Å². The van der Waals surface area contributed by atoms with Crippen LogP contribution in [0.4, 0.5) is 0 Å². The molecule has 0 amide bonds. The molecule has 300 valence electrons. The third-order valence-corrected chi connectivity index (χ3v) is 11.5. The van der Waals surface area contributed by atoms with Gasteiger partial charge in [0.2, 0.25) is 15.9 Å². The van der Waals surface area contributed by atoms with Gasteiger partial charge in [-0.3, -0.25) is 0 Å². The Kier molecular flexibility index (Phi) is 14.0. The Morgan fingerprint density at radius 3 is 1.42 bits per heavy atom. The lowest BCUT2D eigenvalue weighted by Gasteiger charge is -2.44. The number of benzene rings is 4. The third kappa shape index (κ3) is 9.74. The maximum Gasteiger partial charge on any atom is 0.338 e. The van der Waals surface area contributed by atoms with Crippen molar-refractivity contribution < 1.29 is 51.6 Å². The van der Waals surface area contributed by atoms with E-state index in [9.17, 15) is 19.5 Å². The van der Waals surface area contributed by atoms with Crippen molar-refractivity contribution in [1.82, 2.24) is 0 Å². The molecule has 12 heteroatoms. The topological polar surface area (TPSA) is 152 Å². The van der Waals surface area contributed by atoms with Crippen LogP contribution in [-0.4, -0.2) is 67.6 Å². The molecule has 1 unspecified atom stereocenters. The van der Waals surface area contributed by atoms with E-state index in [1.165, 1.54) is 43.3 Å². The molecule has 0 spiro atoms. The van der Waals surface area contributed by atoms with Crippen molar-refractivity contribution in [3.8, 4) is 12.0 Å². The summed E-state index contributed by atoms with van der Waals surface area (Å²) in [6.45, 7) is 12.9. The average Bonchev–Trinajstić information content (AvgIpc) is 3.21. The van der Waals surface area contributed by atoms with Crippen LogP contribution in [0.3, 0.4) is 0 Å². The van der Waals surface area contributed by atoms with E-state index in [2.05, 4.69) is 12.0 Å². The highest BCUT2D eigenvalue weighted by atomic mass is 32.2. The minimum atomic E-state index is -4.80. The van der Waals surface area contributed by atoms with Gasteiger partial charge in [0.25, 0.3) is 6.29 Å². The fourth-order valence-electron chi connectivity index (χ4n) is 6.48. The van der Waals surface area contributed by atoms with Crippen molar-refractivity contribution in [2.75, 3.05) is 0 Å². The molecular weight excluding hydrogens is 749 g/mol. The SMILES string of the molecule is CC#CO[C@@H]1O[C@H](C(O)S(=O)(=O)c2c(C(C)C)cc(C(C)C)cc2C(C)C)[C@@H](OC(=O)c2ccccc2)[C@H](OC(=O)c2ccccc2)[C@@H]1OC(=O)c1ccccc1. The molecule has 5 rings (SSSR count). The van der Waals surface area contributed by atoms with Crippen molar-refractivity contribution >= 4 is 27.7 Å². The van der Waals surface area contributed by atoms with E-state index in [1.807, 2.05) is 53.7 Å². The quantitative estimate of drug-likeness (QED) is 0.0812. The van der Waals surface area contributed by atoms with Crippen LogP contribution in [0.1, 0.15) is 114 Å². The number of carbonyl (C=O) groups excluding carboxylic acids is 3. The van der Waals surface area contributed by atoms with Gasteiger partial charge in [0.15, 0.2) is 17.6 Å². The predicted octanol–water partition coefficient (Wildman–Crippen LogP) is 7.55. The Bertz CT molecular complexity index is 2160. The van der Waals surface area contributed by atoms with Gasteiger partial charge < -0.3 is 28.8 Å². The summed E-state index contributed by atoms with van der Waals surface area (Å²) < 4.78 is 60.0. The molecule has 4 aromatic rings. The van der Waals surface area contributed by atoms with Crippen molar-refractivity contribution in [2.45, 2.75) is 107 Å². The molecule has 6 atom stereocenters. The van der Waals surface area contributed by atoms with Gasteiger partial charge in [-0.25, -0.2) is 22.8 Å². The van der Waals surface area contributed by atoms with Crippen LogP contribution >= 0.6 is 0 Å². The lowest BCUT2D eigenvalue weighted by Crippen LogP contribution is -2.65. The molecule has 0 saturated carbocycles.